The van der Waals surface area contributed by atoms with Gasteiger partial charge in [-0.25, -0.2) is 0 Å². The van der Waals surface area contributed by atoms with Crippen LogP contribution in [0.25, 0.3) is 0 Å². The molecule has 0 radical (unpaired) electrons. The highest BCUT2D eigenvalue weighted by Gasteiger charge is 2.23. The summed E-state index contributed by atoms with van der Waals surface area (Å²) in [4.78, 5) is 14.6. The lowest BCUT2D eigenvalue weighted by molar-refractivity contribution is 0.334. The van der Waals surface area contributed by atoms with E-state index in [1.807, 2.05) is 21.0 Å². The summed E-state index contributed by atoms with van der Waals surface area (Å²) in [5.41, 5.74) is 5.78. The average molecular weight is 349 g/mol. The van der Waals surface area contributed by atoms with Gasteiger partial charge in [-0.15, -0.1) is 10.2 Å². The first-order valence-corrected chi connectivity index (χ1v) is 9.09. The summed E-state index contributed by atoms with van der Waals surface area (Å²) < 4.78 is 5.85. The molecular formula is C15H23N7OS. The van der Waals surface area contributed by atoms with E-state index in [1.54, 1.807) is 4.90 Å². The third-order valence-electron chi connectivity index (χ3n) is 4.08. The number of hydrogen-bond acceptors (Lipinski definition) is 9. The minimum Gasteiger partial charge on any atom is -0.416 e. The number of aromatic nitrogens is 5. The van der Waals surface area contributed by atoms with Crippen molar-refractivity contribution in [3.8, 4) is 0 Å². The summed E-state index contributed by atoms with van der Waals surface area (Å²) in [6.07, 6.45) is 6.06. The van der Waals surface area contributed by atoms with E-state index in [-0.39, 0.29) is 11.2 Å². The van der Waals surface area contributed by atoms with E-state index in [0.29, 0.717) is 22.9 Å². The topological polar surface area (TPSA) is 107 Å². The molecule has 0 aliphatic heterocycles. The van der Waals surface area contributed by atoms with Crippen LogP contribution in [0.2, 0.25) is 0 Å². The maximum Gasteiger partial charge on any atom is 0.277 e. The molecule has 2 aromatic heterocycles. The molecule has 24 heavy (non-hydrogen) atoms. The smallest absolute Gasteiger partial charge is 0.277 e. The Labute approximate surface area is 145 Å². The standard InChI is InChI=1S/C15H23N7OS/c1-9(11-17-13(16)19-14(18-11)22(2)3)24-15-21-20-12(23-15)10-7-5-4-6-8-10/h9-10H,4-8H2,1-3H3,(H2,16,17,18,19). The first kappa shape index (κ1) is 16.9. The van der Waals surface area contributed by atoms with Crippen molar-refractivity contribution < 1.29 is 4.42 Å². The van der Waals surface area contributed by atoms with Gasteiger partial charge in [-0.05, 0) is 19.8 Å². The molecule has 1 unspecified atom stereocenters. The molecule has 2 N–H and O–H groups in total. The first-order valence-electron chi connectivity index (χ1n) is 8.21. The molecular weight excluding hydrogens is 326 g/mol. The van der Waals surface area contributed by atoms with Crippen molar-refractivity contribution in [3.63, 3.8) is 0 Å². The predicted octanol–water partition coefficient (Wildman–Crippen LogP) is 2.80. The Morgan fingerprint density at radius 3 is 2.58 bits per heavy atom. The van der Waals surface area contributed by atoms with Crippen LogP contribution in [-0.4, -0.2) is 39.2 Å². The summed E-state index contributed by atoms with van der Waals surface area (Å²) in [6.45, 7) is 1.99. The van der Waals surface area contributed by atoms with Gasteiger partial charge < -0.3 is 15.1 Å². The zero-order chi connectivity index (χ0) is 17.1. The lowest BCUT2D eigenvalue weighted by Gasteiger charge is -2.17. The van der Waals surface area contributed by atoms with Crippen molar-refractivity contribution >= 4 is 23.7 Å². The molecule has 0 aromatic carbocycles. The number of hydrogen-bond donors (Lipinski definition) is 1. The lowest BCUT2D eigenvalue weighted by atomic mass is 9.89. The molecule has 1 atom stereocenters. The molecule has 1 aliphatic carbocycles. The van der Waals surface area contributed by atoms with Crippen molar-refractivity contribution in [1.82, 2.24) is 25.1 Å². The van der Waals surface area contributed by atoms with Gasteiger partial charge in [-0.1, -0.05) is 31.0 Å². The quantitative estimate of drug-likeness (QED) is 0.815. The van der Waals surface area contributed by atoms with Crippen LogP contribution in [0.3, 0.4) is 0 Å². The van der Waals surface area contributed by atoms with Crippen molar-refractivity contribution in [2.45, 2.75) is 55.4 Å². The molecule has 0 spiro atoms. The van der Waals surface area contributed by atoms with E-state index in [9.17, 15) is 0 Å². The molecule has 0 bridgehead atoms. The maximum atomic E-state index is 5.85. The van der Waals surface area contributed by atoms with Gasteiger partial charge in [0.15, 0.2) is 0 Å². The zero-order valence-electron chi connectivity index (χ0n) is 14.3. The van der Waals surface area contributed by atoms with E-state index >= 15 is 0 Å². The summed E-state index contributed by atoms with van der Waals surface area (Å²) in [6, 6.07) is 0. The molecule has 9 heteroatoms. The second-order valence-electron chi connectivity index (χ2n) is 6.25. The van der Waals surface area contributed by atoms with Crippen LogP contribution < -0.4 is 10.6 Å². The summed E-state index contributed by atoms with van der Waals surface area (Å²) in [7, 11) is 3.73. The van der Waals surface area contributed by atoms with Crippen LogP contribution in [0, 0.1) is 0 Å². The number of nitrogens with zero attached hydrogens (tertiary/aromatic N) is 6. The molecule has 130 valence electrons. The summed E-state index contributed by atoms with van der Waals surface area (Å²) >= 11 is 1.44. The first-order chi connectivity index (χ1) is 11.5. The van der Waals surface area contributed by atoms with Gasteiger partial charge in [0.1, 0.15) is 5.82 Å². The highest BCUT2D eigenvalue weighted by Crippen LogP contribution is 2.36. The largest absolute Gasteiger partial charge is 0.416 e. The second-order valence-corrected chi connectivity index (χ2v) is 7.54. The van der Waals surface area contributed by atoms with E-state index in [4.69, 9.17) is 10.2 Å². The fourth-order valence-electron chi connectivity index (χ4n) is 2.77. The van der Waals surface area contributed by atoms with E-state index in [2.05, 4.69) is 25.1 Å². The lowest BCUT2D eigenvalue weighted by Crippen LogP contribution is -2.16. The predicted molar refractivity (Wildman–Crippen MR) is 93.0 cm³/mol. The molecule has 1 aliphatic rings. The number of thioether (sulfide) groups is 1. The Balaban J connectivity index is 1.70. The molecule has 1 saturated carbocycles. The van der Waals surface area contributed by atoms with E-state index in [1.165, 1.54) is 31.0 Å². The number of anilines is 2. The van der Waals surface area contributed by atoms with Crippen molar-refractivity contribution in [1.29, 1.82) is 0 Å². The maximum absolute atomic E-state index is 5.85. The third kappa shape index (κ3) is 3.95. The molecule has 2 heterocycles. The molecule has 0 amide bonds. The van der Waals surface area contributed by atoms with Crippen molar-refractivity contribution in [2.75, 3.05) is 24.7 Å². The van der Waals surface area contributed by atoms with Gasteiger partial charge in [0.05, 0.1) is 5.25 Å². The Bertz CT molecular complexity index is 684. The van der Waals surface area contributed by atoms with Crippen molar-refractivity contribution in [2.24, 2.45) is 0 Å². The number of nitrogens with two attached hydrogens (primary N) is 1. The SMILES string of the molecule is CC(Sc1nnc(C2CCCCC2)o1)c1nc(N)nc(N(C)C)n1. The minimum absolute atomic E-state index is 0.0614. The van der Waals surface area contributed by atoms with E-state index < -0.39 is 0 Å². The highest BCUT2D eigenvalue weighted by molar-refractivity contribution is 7.99. The molecule has 2 aromatic rings. The second kappa shape index (κ2) is 7.33. The van der Waals surface area contributed by atoms with Gasteiger partial charge >= 0.3 is 0 Å². The van der Waals surface area contributed by atoms with Crippen LogP contribution in [0.15, 0.2) is 9.64 Å². The van der Waals surface area contributed by atoms with E-state index in [0.717, 1.165) is 18.7 Å². The average Bonchev–Trinajstić information content (AvgIpc) is 3.03. The van der Waals surface area contributed by atoms with Gasteiger partial charge in [-0.2, -0.15) is 15.0 Å². The normalized spacial score (nSPS) is 17.0. The molecule has 8 nitrogen and oxygen atoms in total. The summed E-state index contributed by atoms with van der Waals surface area (Å²) in [5, 5.41) is 8.88. The molecule has 0 saturated heterocycles. The van der Waals surface area contributed by atoms with Crippen LogP contribution in [0.1, 0.15) is 61.9 Å². The Hall–Kier alpha value is -1.90. The highest BCUT2D eigenvalue weighted by atomic mass is 32.2. The third-order valence-corrected chi connectivity index (χ3v) is 5.01. The van der Waals surface area contributed by atoms with Gasteiger partial charge in [0, 0.05) is 20.0 Å². The van der Waals surface area contributed by atoms with Gasteiger partial charge in [-0.3, -0.25) is 0 Å². The van der Waals surface area contributed by atoms with Gasteiger partial charge in [0.25, 0.3) is 5.22 Å². The monoisotopic (exact) mass is 349 g/mol. The fourth-order valence-corrected chi connectivity index (χ4v) is 3.50. The Morgan fingerprint density at radius 2 is 1.88 bits per heavy atom. The minimum atomic E-state index is -0.0614. The summed E-state index contributed by atoms with van der Waals surface area (Å²) in [5.74, 6) is 2.52. The zero-order valence-corrected chi connectivity index (χ0v) is 15.1. The van der Waals surface area contributed by atoms with Gasteiger partial charge in [0.2, 0.25) is 17.8 Å². The van der Waals surface area contributed by atoms with Crippen LogP contribution >= 0.6 is 11.8 Å². The van der Waals surface area contributed by atoms with Crippen LogP contribution in [0.4, 0.5) is 11.9 Å². The number of rotatable bonds is 5. The molecule has 3 rings (SSSR count). The fraction of sp³-hybridized carbons (Fsp3) is 0.667. The number of nitrogen functional groups attached to an aromatic ring is 1. The molecule has 1 fully saturated rings. The van der Waals surface area contributed by atoms with Crippen LogP contribution in [0.5, 0.6) is 0 Å². The van der Waals surface area contributed by atoms with Crippen LogP contribution in [-0.2, 0) is 0 Å². The van der Waals surface area contributed by atoms with Crippen molar-refractivity contribution in [3.05, 3.63) is 11.7 Å². The Kier molecular flexibility index (Phi) is 5.17. The Morgan fingerprint density at radius 1 is 1.12 bits per heavy atom.